The molecule has 4 N–H and O–H groups in total. The van der Waals surface area contributed by atoms with Crippen molar-refractivity contribution >= 4 is 62.9 Å². The van der Waals surface area contributed by atoms with Gasteiger partial charge in [-0.3, -0.25) is 13.6 Å². The van der Waals surface area contributed by atoms with Gasteiger partial charge in [0, 0.05) is 105 Å². The lowest BCUT2D eigenvalue weighted by Crippen LogP contribution is -2.44. The van der Waals surface area contributed by atoms with Crippen molar-refractivity contribution in [1.82, 2.24) is 28.6 Å². The maximum absolute atomic E-state index is 11.4. The number of fused-ring (bicyclic) bond motifs is 2. The number of nitrogens with one attached hydrogen (secondary N) is 2. The van der Waals surface area contributed by atoms with Gasteiger partial charge in [0.15, 0.2) is 11.3 Å². The van der Waals surface area contributed by atoms with Crippen LogP contribution < -0.4 is 26.2 Å². The molecule has 7 aromatic rings. The summed E-state index contributed by atoms with van der Waals surface area (Å²) in [4.78, 5) is 29.9. The van der Waals surface area contributed by atoms with Crippen molar-refractivity contribution < 1.29 is 4.79 Å². The molecule has 6 heterocycles. The maximum Gasteiger partial charge on any atom is 0.248 e. The number of imidazole rings is 2. The summed E-state index contributed by atoms with van der Waals surface area (Å²) < 4.78 is 3.91. The third-order valence-electron chi connectivity index (χ3n) is 10.5. The van der Waals surface area contributed by atoms with Crippen LogP contribution in [0.15, 0.2) is 122 Å². The van der Waals surface area contributed by atoms with E-state index in [4.69, 9.17) is 17.3 Å². The Morgan fingerprint density at radius 2 is 1.05 bits per heavy atom. The van der Waals surface area contributed by atoms with Crippen LogP contribution in [0.25, 0.3) is 22.6 Å². The molecule has 4 aromatic heterocycles. The van der Waals surface area contributed by atoms with Crippen molar-refractivity contribution in [3.63, 3.8) is 0 Å². The van der Waals surface area contributed by atoms with Crippen molar-refractivity contribution in [3.05, 3.63) is 133 Å². The Kier molecular flexibility index (Phi) is 10.8. The average molecular weight is 768 g/mol. The Morgan fingerprint density at radius 3 is 1.55 bits per heavy atom. The average Bonchev–Trinajstić information content (AvgIpc) is 3.93. The third-order valence-corrected chi connectivity index (χ3v) is 10.9. The van der Waals surface area contributed by atoms with Crippen LogP contribution in [0.5, 0.6) is 0 Å². The van der Waals surface area contributed by atoms with Crippen LogP contribution in [0.4, 0.5) is 34.1 Å². The number of amides is 1. The zero-order valence-corrected chi connectivity index (χ0v) is 32.4. The summed E-state index contributed by atoms with van der Waals surface area (Å²) in [5.74, 6) is -0.428. The predicted molar refractivity (Wildman–Crippen MR) is 228 cm³/mol. The minimum Gasteiger partial charge on any atom is -0.369 e. The fraction of sp³-hybridized carbons (Fsp3) is 0.233. The van der Waals surface area contributed by atoms with Crippen LogP contribution in [0, 0.1) is 0 Å². The molecule has 2 aliphatic heterocycles. The summed E-state index contributed by atoms with van der Waals surface area (Å²) in [7, 11) is 4.34. The molecular formula is C43H46ClN11O. The molecule has 0 atom stereocenters. The van der Waals surface area contributed by atoms with E-state index in [0.717, 1.165) is 97.7 Å². The number of hydrogen-bond donors (Lipinski definition) is 3. The molecule has 2 fully saturated rings. The summed E-state index contributed by atoms with van der Waals surface area (Å²) in [5.41, 5.74) is 16.0. The van der Waals surface area contributed by atoms with Gasteiger partial charge in [-0.05, 0) is 105 Å². The number of aromatic nitrogens is 4. The molecule has 0 bridgehead atoms. The number of benzene rings is 3. The fourth-order valence-corrected chi connectivity index (χ4v) is 7.38. The van der Waals surface area contributed by atoms with Crippen LogP contribution in [-0.4, -0.2) is 101 Å². The number of piperazine rings is 2. The topological polar surface area (TPSA) is 115 Å². The number of likely N-dealkylation sites (N-methyl/N-ethyl adjacent to an activating group) is 2. The third kappa shape index (κ3) is 8.13. The second-order valence-corrected chi connectivity index (χ2v) is 14.7. The molecule has 0 saturated carbocycles. The lowest BCUT2D eigenvalue weighted by molar-refractivity contribution is 0.100. The van der Waals surface area contributed by atoms with Gasteiger partial charge in [0.2, 0.25) is 5.91 Å². The molecule has 1 amide bonds. The molecule has 13 heteroatoms. The molecule has 0 aliphatic carbocycles. The number of nitrogens with zero attached hydrogens (tertiary/aromatic N) is 8. The van der Waals surface area contributed by atoms with Gasteiger partial charge >= 0.3 is 0 Å². The van der Waals surface area contributed by atoms with Crippen molar-refractivity contribution in [1.29, 1.82) is 0 Å². The van der Waals surface area contributed by atoms with E-state index in [1.54, 1.807) is 24.5 Å². The normalized spacial score (nSPS) is 15.1. The monoisotopic (exact) mass is 767 g/mol. The highest BCUT2D eigenvalue weighted by atomic mass is 35.5. The number of rotatable bonds is 8. The summed E-state index contributed by atoms with van der Waals surface area (Å²) in [6.45, 7) is 8.68. The molecular weight excluding hydrogens is 722 g/mol. The van der Waals surface area contributed by atoms with E-state index in [1.807, 2.05) is 51.5 Å². The van der Waals surface area contributed by atoms with Gasteiger partial charge in [0.1, 0.15) is 5.15 Å². The van der Waals surface area contributed by atoms with Gasteiger partial charge < -0.3 is 36.0 Å². The molecule has 0 radical (unpaired) electrons. The Balaban J connectivity index is 0.000000164. The molecule has 2 aliphatic rings. The summed E-state index contributed by atoms with van der Waals surface area (Å²) in [5, 5.41) is 7.58. The van der Waals surface area contributed by atoms with Crippen molar-refractivity contribution in [2.45, 2.75) is 0 Å². The van der Waals surface area contributed by atoms with Crippen molar-refractivity contribution in [2.75, 3.05) is 86.9 Å². The SMILES string of the molecule is CN1CCN(c2ccc(Nc3ccc(-c4ccc(C(N)=O)cc4)n4ccnc34)cc2)CC1.CN1CCN(c2ccc(Nc3ccc(Cl)n4ccnc34)cc2)CC1. The number of anilines is 6. The molecule has 12 nitrogen and oxygen atoms in total. The van der Waals surface area contributed by atoms with Crippen LogP contribution in [0.1, 0.15) is 10.4 Å². The van der Waals surface area contributed by atoms with E-state index < -0.39 is 5.91 Å². The van der Waals surface area contributed by atoms with E-state index >= 15 is 0 Å². The van der Waals surface area contributed by atoms with E-state index in [9.17, 15) is 4.79 Å². The lowest BCUT2D eigenvalue weighted by Gasteiger charge is -2.34. The second-order valence-electron chi connectivity index (χ2n) is 14.3. The molecule has 9 rings (SSSR count). The maximum atomic E-state index is 11.4. The molecule has 3 aromatic carbocycles. The first-order chi connectivity index (χ1) is 27.3. The van der Waals surface area contributed by atoms with Crippen LogP contribution in [0.3, 0.4) is 0 Å². The zero-order valence-electron chi connectivity index (χ0n) is 31.6. The highest BCUT2D eigenvalue weighted by Crippen LogP contribution is 2.30. The van der Waals surface area contributed by atoms with Gasteiger partial charge in [-0.2, -0.15) is 0 Å². The van der Waals surface area contributed by atoms with E-state index in [-0.39, 0.29) is 0 Å². The Bertz CT molecular complexity index is 2410. The minimum absolute atomic E-state index is 0.428. The Hall–Kier alpha value is -6.08. The van der Waals surface area contributed by atoms with Crippen LogP contribution in [-0.2, 0) is 0 Å². The molecule has 0 unspecified atom stereocenters. The smallest absolute Gasteiger partial charge is 0.248 e. The standard InChI is InChI=1S/C25H26N6O.C18H20ClN5/c1-29-14-16-30(17-15-29)21-8-6-20(7-9-21)28-22-10-11-23(31-13-12-27-25(22)31)18-2-4-19(5-3-18)24(26)32;1-22-10-12-23(13-11-22)15-4-2-14(3-5-15)21-16-6-7-17(19)24-9-8-20-18(16)24/h2-13,28H,14-17H2,1H3,(H2,26,32);2-9,21H,10-13H2,1H3. The fourth-order valence-electron chi connectivity index (χ4n) is 7.18. The Morgan fingerprint density at radius 1 is 0.589 bits per heavy atom. The Labute approximate surface area is 331 Å². The summed E-state index contributed by atoms with van der Waals surface area (Å²) in [6, 6.07) is 32.4. The number of carbonyl (C=O) groups is 1. The molecule has 286 valence electrons. The first kappa shape index (κ1) is 36.9. The lowest BCUT2D eigenvalue weighted by atomic mass is 10.1. The number of nitrogens with two attached hydrogens (primary N) is 1. The van der Waals surface area contributed by atoms with Gasteiger partial charge in [-0.1, -0.05) is 23.7 Å². The highest BCUT2D eigenvalue weighted by Gasteiger charge is 2.16. The molecule has 56 heavy (non-hydrogen) atoms. The number of carbonyl (C=O) groups excluding carboxylic acids is 1. The highest BCUT2D eigenvalue weighted by molar-refractivity contribution is 6.30. The van der Waals surface area contributed by atoms with Crippen LogP contribution in [0.2, 0.25) is 5.15 Å². The van der Waals surface area contributed by atoms with Gasteiger partial charge in [0.25, 0.3) is 0 Å². The predicted octanol–water partition coefficient (Wildman–Crippen LogP) is 7.08. The molecule has 0 spiro atoms. The first-order valence-electron chi connectivity index (χ1n) is 18.9. The second kappa shape index (κ2) is 16.3. The quantitative estimate of drug-likeness (QED) is 0.140. The first-order valence-corrected chi connectivity index (χ1v) is 19.3. The largest absolute Gasteiger partial charge is 0.369 e. The van der Waals surface area contributed by atoms with Gasteiger partial charge in [0.05, 0.1) is 17.1 Å². The van der Waals surface area contributed by atoms with Crippen LogP contribution >= 0.6 is 11.6 Å². The van der Waals surface area contributed by atoms with E-state index in [2.05, 4.69) is 109 Å². The number of pyridine rings is 2. The summed E-state index contributed by atoms with van der Waals surface area (Å²) >= 11 is 6.18. The number of hydrogen-bond acceptors (Lipinski definition) is 9. The van der Waals surface area contributed by atoms with E-state index in [0.29, 0.717) is 10.7 Å². The van der Waals surface area contributed by atoms with Crippen molar-refractivity contribution in [2.24, 2.45) is 5.73 Å². The zero-order chi connectivity index (χ0) is 38.6. The molecule has 2 saturated heterocycles. The van der Waals surface area contributed by atoms with Crippen molar-refractivity contribution in [3.8, 4) is 11.3 Å². The number of primary amides is 1. The minimum atomic E-state index is -0.428. The van der Waals surface area contributed by atoms with Gasteiger partial charge in [-0.15, -0.1) is 0 Å². The summed E-state index contributed by atoms with van der Waals surface area (Å²) in [6.07, 6.45) is 7.34. The van der Waals surface area contributed by atoms with Gasteiger partial charge in [-0.25, -0.2) is 9.97 Å². The number of halogens is 1. The van der Waals surface area contributed by atoms with E-state index in [1.165, 1.54) is 11.4 Å².